The highest BCUT2D eigenvalue weighted by Gasteiger charge is 2.23. The summed E-state index contributed by atoms with van der Waals surface area (Å²) in [6.07, 6.45) is 4.33. The molecule has 1 aliphatic rings. The predicted octanol–water partition coefficient (Wildman–Crippen LogP) is 4.24. The van der Waals surface area contributed by atoms with Crippen molar-refractivity contribution in [2.75, 3.05) is 13.1 Å². The average molecular weight is 394 g/mol. The monoisotopic (exact) mass is 393 g/mol. The molecule has 3 aromatic rings. The second kappa shape index (κ2) is 6.55. The summed E-state index contributed by atoms with van der Waals surface area (Å²) in [5.41, 5.74) is 0.874. The van der Waals surface area contributed by atoms with Crippen molar-refractivity contribution < 1.29 is 4.79 Å². The average Bonchev–Trinajstić information content (AvgIpc) is 2.78. The molecule has 1 fully saturated rings. The van der Waals surface area contributed by atoms with Crippen LogP contribution in [-0.2, 0) is 0 Å². The molecule has 8 heteroatoms. The molecule has 0 radical (unpaired) electrons. The van der Waals surface area contributed by atoms with Crippen molar-refractivity contribution in [3.05, 3.63) is 42.4 Å². The van der Waals surface area contributed by atoms with Crippen LogP contribution in [0.2, 0.25) is 5.02 Å². The molecule has 0 aliphatic carbocycles. The Morgan fingerprint density at radius 1 is 1.20 bits per heavy atom. The van der Waals surface area contributed by atoms with Gasteiger partial charge in [-0.2, -0.15) is 0 Å². The third-order valence-corrected chi connectivity index (χ3v) is 6.17. The minimum atomic E-state index is -0.268. The number of amides is 1. The molecule has 130 valence electrons. The van der Waals surface area contributed by atoms with Gasteiger partial charge >= 0.3 is 0 Å². The quantitative estimate of drug-likeness (QED) is 0.629. The maximum absolute atomic E-state index is 13.0. The van der Waals surface area contributed by atoms with Crippen molar-refractivity contribution in [1.82, 2.24) is 14.3 Å². The standard InChI is InChI=1S/C17H16ClN3O2S2/c18-10-5-6-12-11(9-10)15(22)19-14-13(25-17(24)21(12)14)16(23)20-7-3-1-2-4-8-20/h5-6,9H,1-4,7-8H2,(H,19,22). The molecule has 25 heavy (non-hydrogen) atoms. The minimum absolute atomic E-state index is 0.0514. The van der Waals surface area contributed by atoms with Gasteiger partial charge in [0.2, 0.25) is 0 Å². The van der Waals surface area contributed by atoms with E-state index >= 15 is 0 Å². The van der Waals surface area contributed by atoms with E-state index < -0.39 is 0 Å². The van der Waals surface area contributed by atoms with E-state index in [1.807, 2.05) is 4.90 Å². The summed E-state index contributed by atoms with van der Waals surface area (Å²) in [5.74, 6) is -0.0514. The molecule has 1 saturated heterocycles. The van der Waals surface area contributed by atoms with E-state index in [2.05, 4.69) is 4.98 Å². The molecule has 3 heterocycles. The van der Waals surface area contributed by atoms with Crippen LogP contribution in [0.15, 0.2) is 23.0 Å². The van der Waals surface area contributed by atoms with Crippen molar-refractivity contribution >= 4 is 57.6 Å². The summed E-state index contributed by atoms with van der Waals surface area (Å²) < 4.78 is 2.30. The lowest BCUT2D eigenvalue weighted by molar-refractivity contribution is 0.0768. The number of nitrogens with one attached hydrogen (secondary N) is 1. The molecule has 1 aliphatic heterocycles. The van der Waals surface area contributed by atoms with E-state index in [1.165, 1.54) is 11.3 Å². The molecular weight excluding hydrogens is 378 g/mol. The van der Waals surface area contributed by atoms with E-state index in [1.54, 1.807) is 22.6 Å². The Morgan fingerprint density at radius 2 is 1.92 bits per heavy atom. The first-order chi connectivity index (χ1) is 12.1. The zero-order chi connectivity index (χ0) is 17.6. The molecular formula is C17H16ClN3O2S2. The lowest BCUT2D eigenvalue weighted by Gasteiger charge is -2.19. The predicted molar refractivity (Wildman–Crippen MR) is 104 cm³/mol. The smallest absolute Gasteiger partial charge is 0.267 e. The Hall–Kier alpha value is -1.70. The zero-order valence-electron chi connectivity index (χ0n) is 13.4. The van der Waals surface area contributed by atoms with Crippen LogP contribution in [0.3, 0.4) is 0 Å². The first-order valence-electron chi connectivity index (χ1n) is 8.22. The number of rotatable bonds is 1. The van der Waals surface area contributed by atoms with Crippen LogP contribution in [0.1, 0.15) is 35.4 Å². The van der Waals surface area contributed by atoms with Crippen molar-refractivity contribution in [3.8, 4) is 0 Å². The number of halogens is 1. The largest absolute Gasteiger partial charge is 0.338 e. The molecule has 5 nitrogen and oxygen atoms in total. The van der Waals surface area contributed by atoms with Gasteiger partial charge in [-0.3, -0.25) is 14.0 Å². The number of benzene rings is 1. The fourth-order valence-corrected chi connectivity index (χ4v) is 4.85. The Bertz CT molecular complexity index is 1090. The van der Waals surface area contributed by atoms with Crippen LogP contribution in [0.4, 0.5) is 0 Å². The first kappa shape index (κ1) is 16.8. The van der Waals surface area contributed by atoms with Gasteiger partial charge in [0.15, 0.2) is 3.95 Å². The normalized spacial score (nSPS) is 15.6. The Kier molecular flexibility index (Phi) is 4.39. The van der Waals surface area contributed by atoms with Gasteiger partial charge in [-0.25, -0.2) is 0 Å². The van der Waals surface area contributed by atoms with E-state index in [9.17, 15) is 9.59 Å². The molecule has 0 bridgehead atoms. The van der Waals surface area contributed by atoms with Gasteiger partial charge in [-0.15, -0.1) is 0 Å². The van der Waals surface area contributed by atoms with Gasteiger partial charge in [-0.05, 0) is 43.3 Å². The third-order valence-electron chi connectivity index (χ3n) is 4.57. The number of hydrogen-bond acceptors (Lipinski definition) is 4. The summed E-state index contributed by atoms with van der Waals surface area (Å²) in [6, 6.07) is 5.10. The van der Waals surface area contributed by atoms with Gasteiger partial charge in [0, 0.05) is 18.1 Å². The number of aromatic nitrogens is 2. The highest BCUT2D eigenvalue weighted by Crippen LogP contribution is 2.26. The van der Waals surface area contributed by atoms with Gasteiger partial charge in [0.1, 0.15) is 10.5 Å². The van der Waals surface area contributed by atoms with E-state index in [4.69, 9.17) is 23.8 Å². The van der Waals surface area contributed by atoms with Crippen LogP contribution in [0.25, 0.3) is 16.6 Å². The van der Waals surface area contributed by atoms with E-state index in [0.29, 0.717) is 30.4 Å². The second-order valence-corrected chi connectivity index (χ2v) is 8.28. The van der Waals surface area contributed by atoms with Crippen LogP contribution >= 0.6 is 35.2 Å². The minimum Gasteiger partial charge on any atom is -0.338 e. The van der Waals surface area contributed by atoms with Gasteiger partial charge in [-0.1, -0.05) is 35.8 Å². The summed E-state index contributed by atoms with van der Waals surface area (Å²) in [5, 5.41) is 0.947. The molecule has 2 aromatic heterocycles. The summed E-state index contributed by atoms with van der Waals surface area (Å²) in [7, 11) is 0. The number of aromatic amines is 1. The SMILES string of the molecule is O=C(c1sc(=S)n2c1[nH]c(=O)c1cc(Cl)ccc12)N1CCCCCC1. The molecule has 4 rings (SSSR count). The fraction of sp³-hybridized carbons (Fsp3) is 0.353. The number of likely N-dealkylation sites (tertiary alicyclic amines) is 1. The Balaban J connectivity index is 1.93. The van der Waals surface area contributed by atoms with Crippen LogP contribution < -0.4 is 5.56 Å². The van der Waals surface area contributed by atoms with Crippen LogP contribution in [-0.4, -0.2) is 33.3 Å². The molecule has 0 saturated carbocycles. The van der Waals surface area contributed by atoms with Crippen molar-refractivity contribution in [1.29, 1.82) is 0 Å². The number of fused-ring (bicyclic) bond motifs is 3. The van der Waals surface area contributed by atoms with Crippen molar-refractivity contribution in [2.24, 2.45) is 0 Å². The summed E-state index contributed by atoms with van der Waals surface area (Å²) >= 11 is 12.7. The molecule has 1 aromatic carbocycles. The second-order valence-electron chi connectivity index (χ2n) is 6.20. The molecule has 1 amide bonds. The van der Waals surface area contributed by atoms with Crippen LogP contribution in [0.5, 0.6) is 0 Å². The van der Waals surface area contributed by atoms with E-state index in [0.717, 1.165) is 38.8 Å². The number of H-pyrrole nitrogens is 1. The molecule has 1 N–H and O–H groups in total. The zero-order valence-corrected chi connectivity index (χ0v) is 15.8. The lowest BCUT2D eigenvalue weighted by Crippen LogP contribution is -2.31. The number of carbonyl (C=O) groups excluding carboxylic acids is 1. The van der Waals surface area contributed by atoms with Crippen molar-refractivity contribution in [3.63, 3.8) is 0 Å². The highest BCUT2D eigenvalue weighted by atomic mass is 35.5. The fourth-order valence-electron chi connectivity index (χ4n) is 3.33. The Morgan fingerprint density at radius 3 is 2.64 bits per heavy atom. The number of hydrogen-bond donors (Lipinski definition) is 1. The van der Waals surface area contributed by atoms with Gasteiger partial charge < -0.3 is 9.88 Å². The topological polar surface area (TPSA) is 57.6 Å². The summed E-state index contributed by atoms with van der Waals surface area (Å²) in [6.45, 7) is 1.51. The lowest BCUT2D eigenvalue weighted by atomic mass is 10.2. The summed E-state index contributed by atoms with van der Waals surface area (Å²) in [4.78, 5) is 30.7. The highest BCUT2D eigenvalue weighted by molar-refractivity contribution is 7.73. The molecule has 0 spiro atoms. The van der Waals surface area contributed by atoms with Gasteiger partial charge in [0.25, 0.3) is 11.5 Å². The molecule has 0 unspecified atom stereocenters. The maximum Gasteiger partial charge on any atom is 0.267 e. The third kappa shape index (κ3) is 2.90. The van der Waals surface area contributed by atoms with Gasteiger partial charge in [0.05, 0.1) is 10.9 Å². The first-order valence-corrected chi connectivity index (χ1v) is 9.83. The molecule has 0 atom stereocenters. The number of carbonyl (C=O) groups is 1. The number of thiazole rings is 1. The Labute approximate surface area is 157 Å². The van der Waals surface area contributed by atoms with Crippen LogP contribution in [0, 0.1) is 3.95 Å². The van der Waals surface area contributed by atoms with E-state index in [-0.39, 0.29) is 11.5 Å². The number of nitrogens with zero attached hydrogens (tertiary/aromatic N) is 2. The van der Waals surface area contributed by atoms with Crippen molar-refractivity contribution in [2.45, 2.75) is 25.7 Å². The maximum atomic E-state index is 13.0.